The molecular formula is C13H17N5O. The van der Waals surface area contributed by atoms with Gasteiger partial charge in [-0.1, -0.05) is 0 Å². The van der Waals surface area contributed by atoms with Crippen LogP contribution in [0.5, 0.6) is 0 Å². The zero-order valence-corrected chi connectivity index (χ0v) is 11.1. The van der Waals surface area contributed by atoms with Gasteiger partial charge in [-0.15, -0.1) is 0 Å². The number of carbonyl (C=O) groups is 1. The van der Waals surface area contributed by atoms with Crippen molar-refractivity contribution in [3.8, 4) is 6.07 Å². The lowest BCUT2D eigenvalue weighted by Crippen LogP contribution is -2.58. The first-order chi connectivity index (χ1) is 9.17. The normalized spacial score (nSPS) is 18.8. The van der Waals surface area contributed by atoms with Gasteiger partial charge in [-0.2, -0.15) is 5.26 Å². The molecule has 1 aromatic rings. The third kappa shape index (κ3) is 2.66. The van der Waals surface area contributed by atoms with Crippen molar-refractivity contribution in [1.82, 2.24) is 15.6 Å². The molecule has 100 valence electrons. The van der Waals surface area contributed by atoms with Gasteiger partial charge in [0.15, 0.2) is 0 Å². The Morgan fingerprint density at radius 3 is 3.11 bits per heavy atom. The third-order valence-corrected chi connectivity index (χ3v) is 3.20. The number of nitrogens with one attached hydrogen (secondary N) is 2. The molecule has 1 amide bonds. The molecule has 2 rings (SSSR count). The summed E-state index contributed by atoms with van der Waals surface area (Å²) in [7, 11) is 1.62. The van der Waals surface area contributed by atoms with Gasteiger partial charge < -0.3 is 15.5 Å². The Balaban J connectivity index is 2.40. The fourth-order valence-electron chi connectivity index (χ4n) is 2.21. The fraction of sp³-hybridized carbons (Fsp3) is 0.462. The highest BCUT2D eigenvalue weighted by Gasteiger charge is 2.30. The smallest absolute Gasteiger partial charge is 0.243 e. The Hall–Kier alpha value is -2.13. The third-order valence-electron chi connectivity index (χ3n) is 3.20. The van der Waals surface area contributed by atoms with E-state index in [0.29, 0.717) is 24.5 Å². The second-order valence-corrected chi connectivity index (χ2v) is 4.46. The van der Waals surface area contributed by atoms with E-state index in [0.717, 1.165) is 12.2 Å². The molecular weight excluding hydrogens is 242 g/mol. The van der Waals surface area contributed by atoms with Gasteiger partial charge in [0.1, 0.15) is 17.9 Å². The molecule has 2 N–H and O–H groups in total. The Kier molecular flexibility index (Phi) is 3.97. The molecule has 0 aliphatic carbocycles. The van der Waals surface area contributed by atoms with Gasteiger partial charge in [-0.3, -0.25) is 4.79 Å². The first kappa shape index (κ1) is 13.3. The maximum atomic E-state index is 11.9. The minimum atomic E-state index is -0.333. The molecule has 2 heterocycles. The predicted molar refractivity (Wildman–Crippen MR) is 71.8 cm³/mol. The number of anilines is 1. The number of nitriles is 1. The van der Waals surface area contributed by atoms with Crippen molar-refractivity contribution in [2.45, 2.75) is 13.0 Å². The van der Waals surface area contributed by atoms with E-state index in [9.17, 15) is 10.1 Å². The summed E-state index contributed by atoms with van der Waals surface area (Å²) in [5, 5.41) is 15.0. The van der Waals surface area contributed by atoms with Crippen LogP contribution >= 0.6 is 0 Å². The van der Waals surface area contributed by atoms with Crippen LogP contribution < -0.4 is 15.5 Å². The van der Waals surface area contributed by atoms with Crippen LogP contribution in [0.4, 0.5) is 5.82 Å². The highest BCUT2D eigenvalue weighted by Crippen LogP contribution is 2.21. The van der Waals surface area contributed by atoms with Crippen LogP contribution in [0.25, 0.3) is 0 Å². The van der Waals surface area contributed by atoms with Gasteiger partial charge in [0, 0.05) is 32.4 Å². The zero-order valence-electron chi connectivity index (χ0n) is 11.1. The predicted octanol–water partition coefficient (Wildman–Crippen LogP) is -0.214. The summed E-state index contributed by atoms with van der Waals surface area (Å²) in [5.74, 6) is 0.525. The number of hydrogen-bond donors (Lipinski definition) is 2. The Labute approximate surface area is 112 Å². The number of aryl methyl sites for hydroxylation is 1. The lowest BCUT2D eigenvalue weighted by atomic mass is 10.1. The summed E-state index contributed by atoms with van der Waals surface area (Å²) >= 11 is 0. The van der Waals surface area contributed by atoms with Crippen molar-refractivity contribution in [2.75, 3.05) is 31.6 Å². The lowest BCUT2D eigenvalue weighted by Gasteiger charge is -2.36. The van der Waals surface area contributed by atoms with Gasteiger partial charge >= 0.3 is 0 Å². The Bertz CT molecular complexity index is 522. The van der Waals surface area contributed by atoms with Crippen LogP contribution in [0.3, 0.4) is 0 Å². The number of hydrogen-bond acceptors (Lipinski definition) is 5. The minimum Gasteiger partial charge on any atom is -0.357 e. The molecule has 6 nitrogen and oxygen atoms in total. The van der Waals surface area contributed by atoms with E-state index in [-0.39, 0.29) is 11.9 Å². The van der Waals surface area contributed by atoms with Crippen molar-refractivity contribution < 1.29 is 4.79 Å². The lowest BCUT2D eigenvalue weighted by molar-refractivity contribution is -0.122. The standard InChI is InChI=1S/C13H17N5O/c1-9-3-4-10(7-14)12(17-9)18-6-5-16-8-11(18)13(19)15-2/h3-4,11,16H,5-6,8H2,1-2H3,(H,15,19). The number of pyridine rings is 1. The molecule has 1 atom stereocenters. The van der Waals surface area contributed by atoms with E-state index < -0.39 is 0 Å². The summed E-state index contributed by atoms with van der Waals surface area (Å²) < 4.78 is 0. The molecule has 1 unspecified atom stereocenters. The highest BCUT2D eigenvalue weighted by atomic mass is 16.2. The van der Waals surface area contributed by atoms with E-state index in [1.54, 1.807) is 19.2 Å². The van der Waals surface area contributed by atoms with Crippen molar-refractivity contribution in [3.05, 3.63) is 23.4 Å². The number of amides is 1. The van der Waals surface area contributed by atoms with Crippen LogP contribution in [0.1, 0.15) is 11.3 Å². The average Bonchev–Trinajstić information content (AvgIpc) is 2.46. The van der Waals surface area contributed by atoms with Crippen LogP contribution in [0, 0.1) is 18.3 Å². The van der Waals surface area contributed by atoms with Crippen molar-refractivity contribution in [1.29, 1.82) is 5.26 Å². The van der Waals surface area contributed by atoms with Crippen molar-refractivity contribution in [2.24, 2.45) is 0 Å². The molecule has 0 bridgehead atoms. The number of nitrogens with zero attached hydrogens (tertiary/aromatic N) is 3. The summed E-state index contributed by atoms with van der Waals surface area (Å²) in [5.41, 5.74) is 1.34. The van der Waals surface area contributed by atoms with Gasteiger partial charge in [-0.25, -0.2) is 4.98 Å². The largest absolute Gasteiger partial charge is 0.357 e. The number of piperazine rings is 1. The average molecular weight is 259 g/mol. The maximum absolute atomic E-state index is 11.9. The van der Waals surface area contributed by atoms with Gasteiger partial charge in [-0.05, 0) is 19.1 Å². The first-order valence-corrected chi connectivity index (χ1v) is 6.24. The fourth-order valence-corrected chi connectivity index (χ4v) is 2.21. The molecule has 6 heteroatoms. The maximum Gasteiger partial charge on any atom is 0.243 e. The minimum absolute atomic E-state index is 0.0700. The van der Waals surface area contributed by atoms with E-state index >= 15 is 0 Å². The number of aromatic nitrogens is 1. The second-order valence-electron chi connectivity index (χ2n) is 4.46. The van der Waals surface area contributed by atoms with Crippen LogP contribution in [0.15, 0.2) is 12.1 Å². The molecule has 19 heavy (non-hydrogen) atoms. The molecule has 1 aromatic heterocycles. The first-order valence-electron chi connectivity index (χ1n) is 6.24. The highest BCUT2D eigenvalue weighted by molar-refractivity contribution is 5.85. The van der Waals surface area contributed by atoms with Gasteiger partial charge in [0.25, 0.3) is 0 Å². The Morgan fingerprint density at radius 1 is 1.63 bits per heavy atom. The van der Waals surface area contributed by atoms with Crippen LogP contribution in [-0.2, 0) is 4.79 Å². The topological polar surface area (TPSA) is 81.1 Å². The summed E-state index contributed by atoms with van der Waals surface area (Å²) in [6, 6.07) is 5.36. The molecule has 0 spiro atoms. The van der Waals surface area contributed by atoms with Crippen molar-refractivity contribution in [3.63, 3.8) is 0 Å². The SMILES string of the molecule is CNC(=O)C1CNCCN1c1nc(C)ccc1C#N. The quantitative estimate of drug-likeness (QED) is 0.768. The molecule has 1 aliphatic rings. The van der Waals surface area contributed by atoms with E-state index in [1.165, 1.54) is 0 Å². The summed E-state index contributed by atoms with van der Waals surface area (Å²) in [6.07, 6.45) is 0. The van der Waals surface area contributed by atoms with E-state index in [1.807, 2.05) is 11.8 Å². The molecule has 1 fully saturated rings. The molecule has 1 aliphatic heterocycles. The van der Waals surface area contributed by atoms with Gasteiger partial charge in [0.05, 0.1) is 5.56 Å². The number of carbonyl (C=O) groups excluding carboxylic acids is 1. The van der Waals surface area contributed by atoms with E-state index in [2.05, 4.69) is 21.7 Å². The summed E-state index contributed by atoms with van der Waals surface area (Å²) in [6.45, 7) is 3.86. The molecule has 0 saturated carbocycles. The Morgan fingerprint density at radius 2 is 2.42 bits per heavy atom. The monoisotopic (exact) mass is 259 g/mol. The molecule has 0 radical (unpaired) electrons. The van der Waals surface area contributed by atoms with E-state index in [4.69, 9.17) is 0 Å². The van der Waals surface area contributed by atoms with Crippen LogP contribution in [0.2, 0.25) is 0 Å². The molecule has 1 saturated heterocycles. The van der Waals surface area contributed by atoms with Crippen molar-refractivity contribution >= 4 is 11.7 Å². The second kappa shape index (κ2) is 5.67. The van der Waals surface area contributed by atoms with Gasteiger partial charge in [0.2, 0.25) is 5.91 Å². The number of rotatable bonds is 2. The summed E-state index contributed by atoms with van der Waals surface area (Å²) in [4.78, 5) is 18.3. The molecule has 0 aromatic carbocycles. The van der Waals surface area contributed by atoms with Crippen LogP contribution in [-0.4, -0.2) is 43.6 Å². The zero-order chi connectivity index (χ0) is 13.8. The number of likely N-dealkylation sites (N-methyl/N-ethyl adjacent to an activating group) is 1.